The van der Waals surface area contributed by atoms with Gasteiger partial charge in [0.1, 0.15) is 5.78 Å². The van der Waals surface area contributed by atoms with Crippen LogP contribution in [0.25, 0.3) is 0 Å². The maximum Gasteiger partial charge on any atom is 0.331 e. The molecule has 0 saturated heterocycles. The van der Waals surface area contributed by atoms with Crippen molar-refractivity contribution in [2.45, 2.75) is 92.1 Å². The maximum atomic E-state index is 14.0. The first-order valence-electron chi connectivity index (χ1n) is 13.3. The Kier molecular flexibility index (Phi) is 6.64. The van der Waals surface area contributed by atoms with Crippen LogP contribution in [0.3, 0.4) is 0 Å². The number of carboxylic acids is 2. The van der Waals surface area contributed by atoms with Crippen LogP contribution >= 0.6 is 0 Å². The summed E-state index contributed by atoms with van der Waals surface area (Å²) >= 11 is 0. The van der Waals surface area contributed by atoms with Crippen molar-refractivity contribution < 1.29 is 34.5 Å². The molecular weight excluding hydrogens is 460 g/mol. The fourth-order valence-corrected chi connectivity index (χ4v) is 8.96. The standard InChI is InChI=1S/C29H40O7/c1-15(25(33)34)7-6-8-17(26(35)36)23-19-13-21(31)24-27(3)11-10-20(30)16(2)18(27)9-12-28(24,4)29(19,5)14-22(23)32/h7,16,18-20,24,30H,6,8-14H2,1-5H3,(H,33,34)(H,35,36)/t16-,18-,19-,20+,24-,27-,28-,29-/m0/s1. The summed E-state index contributed by atoms with van der Waals surface area (Å²) in [4.78, 5) is 50.9. The third-order valence-corrected chi connectivity index (χ3v) is 11.1. The van der Waals surface area contributed by atoms with Gasteiger partial charge in [-0.2, -0.15) is 0 Å². The predicted octanol–water partition coefficient (Wildman–Crippen LogP) is 4.58. The van der Waals surface area contributed by atoms with E-state index in [4.69, 9.17) is 5.11 Å². The molecule has 0 aromatic rings. The topological polar surface area (TPSA) is 129 Å². The predicted molar refractivity (Wildman–Crippen MR) is 133 cm³/mol. The molecule has 0 heterocycles. The second kappa shape index (κ2) is 8.93. The van der Waals surface area contributed by atoms with E-state index >= 15 is 0 Å². The average molecular weight is 501 g/mol. The molecule has 4 aliphatic carbocycles. The molecule has 0 amide bonds. The number of ketones is 2. The summed E-state index contributed by atoms with van der Waals surface area (Å²) in [7, 11) is 0. The lowest BCUT2D eigenvalue weighted by molar-refractivity contribution is -0.197. The second-order valence-electron chi connectivity index (χ2n) is 12.6. The number of allylic oxidation sites excluding steroid dienone is 2. The average Bonchev–Trinajstić information content (AvgIpc) is 3.04. The molecule has 7 nitrogen and oxygen atoms in total. The third-order valence-electron chi connectivity index (χ3n) is 11.1. The van der Waals surface area contributed by atoms with Crippen LogP contribution in [0, 0.1) is 39.9 Å². The molecule has 36 heavy (non-hydrogen) atoms. The zero-order chi connectivity index (χ0) is 26.8. The van der Waals surface area contributed by atoms with Crippen molar-refractivity contribution in [1.82, 2.24) is 0 Å². The lowest BCUT2D eigenvalue weighted by Crippen LogP contribution is -2.64. The molecule has 0 aliphatic heterocycles. The molecule has 198 valence electrons. The minimum absolute atomic E-state index is 0.0207. The molecular formula is C29H40O7. The van der Waals surface area contributed by atoms with Gasteiger partial charge in [-0.1, -0.05) is 33.8 Å². The first kappa shape index (κ1) is 26.8. The molecule has 4 aliphatic rings. The first-order valence-corrected chi connectivity index (χ1v) is 13.3. The van der Waals surface area contributed by atoms with Crippen LogP contribution in [-0.4, -0.2) is 44.9 Å². The van der Waals surface area contributed by atoms with E-state index in [2.05, 4.69) is 27.7 Å². The highest BCUT2D eigenvalue weighted by Gasteiger charge is 2.70. The molecule has 4 rings (SSSR count). The van der Waals surface area contributed by atoms with E-state index in [-0.39, 0.29) is 83.2 Å². The van der Waals surface area contributed by atoms with Crippen molar-refractivity contribution in [2.75, 3.05) is 0 Å². The van der Waals surface area contributed by atoms with E-state index in [9.17, 15) is 29.4 Å². The number of hydrogen-bond donors (Lipinski definition) is 3. The number of Topliss-reactive ketones (excluding diaryl/α,β-unsaturated/α-hetero) is 2. The lowest BCUT2D eigenvalue weighted by Gasteiger charge is -2.66. The van der Waals surface area contributed by atoms with E-state index in [1.807, 2.05) is 0 Å². The minimum atomic E-state index is -1.17. The number of carboxylic acid groups (broad SMARTS) is 2. The van der Waals surface area contributed by atoms with Crippen LogP contribution in [0.4, 0.5) is 0 Å². The highest BCUT2D eigenvalue weighted by molar-refractivity contribution is 6.07. The van der Waals surface area contributed by atoms with E-state index in [0.29, 0.717) is 6.42 Å². The fourth-order valence-electron chi connectivity index (χ4n) is 8.96. The Labute approximate surface area is 213 Å². The van der Waals surface area contributed by atoms with Crippen LogP contribution in [0.2, 0.25) is 0 Å². The Morgan fingerprint density at radius 3 is 2.31 bits per heavy atom. The summed E-state index contributed by atoms with van der Waals surface area (Å²) in [6.45, 7) is 9.98. The SMILES string of the molecule is CC(=CCCC(C(=O)O)=C1C(=O)C[C@@]2(C)[C@H]1CC(=O)[C@H]1[C@@]3(C)CC[C@@H](O)[C@@H](C)[C@@H]3CC[C@@]12C)C(=O)O. The number of carbonyl (C=O) groups is 4. The number of fused-ring (bicyclic) bond motifs is 5. The molecule has 0 aromatic carbocycles. The molecule has 0 bridgehead atoms. The summed E-state index contributed by atoms with van der Waals surface area (Å²) < 4.78 is 0. The summed E-state index contributed by atoms with van der Waals surface area (Å²) in [6.07, 6.45) is 4.89. The molecule has 0 radical (unpaired) electrons. The number of hydrogen-bond acceptors (Lipinski definition) is 5. The maximum absolute atomic E-state index is 14.0. The van der Waals surface area contributed by atoms with Crippen LogP contribution < -0.4 is 0 Å². The van der Waals surface area contributed by atoms with E-state index in [1.165, 1.54) is 13.0 Å². The molecule has 3 N–H and O–H groups in total. The Morgan fingerprint density at radius 2 is 1.69 bits per heavy atom. The zero-order valence-electron chi connectivity index (χ0n) is 22.1. The number of aliphatic hydroxyl groups excluding tert-OH is 1. The Balaban J connectivity index is 1.75. The monoisotopic (exact) mass is 500 g/mol. The molecule has 0 aromatic heterocycles. The van der Waals surface area contributed by atoms with Crippen molar-refractivity contribution in [3.63, 3.8) is 0 Å². The van der Waals surface area contributed by atoms with Crippen LogP contribution in [0.15, 0.2) is 22.8 Å². The minimum Gasteiger partial charge on any atom is -0.478 e. The summed E-state index contributed by atoms with van der Waals surface area (Å²) in [6, 6.07) is 0. The third kappa shape index (κ3) is 3.72. The largest absolute Gasteiger partial charge is 0.478 e. The van der Waals surface area contributed by atoms with Crippen molar-refractivity contribution in [3.05, 3.63) is 22.8 Å². The van der Waals surface area contributed by atoms with Crippen molar-refractivity contribution in [3.8, 4) is 0 Å². The Morgan fingerprint density at radius 1 is 1.03 bits per heavy atom. The van der Waals surface area contributed by atoms with E-state index in [1.54, 1.807) is 0 Å². The summed E-state index contributed by atoms with van der Waals surface area (Å²) in [5.41, 5.74) is -0.792. The molecule has 0 unspecified atom stereocenters. The van der Waals surface area contributed by atoms with E-state index in [0.717, 1.165) is 19.3 Å². The van der Waals surface area contributed by atoms with Crippen LogP contribution in [-0.2, 0) is 19.2 Å². The highest BCUT2D eigenvalue weighted by Crippen LogP contribution is 2.72. The van der Waals surface area contributed by atoms with Gasteiger partial charge < -0.3 is 15.3 Å². The number of aliphatic carboxylic acids is 2. The second-order valence-corrected chi connectivity index (χ2v) is 12.6. The van der Waals surface area contributed by atoms with Gasteiger partial charge in [0.15, 0.2) is 5.78 Å². The van der Waals surface area contributed by atoms with E-state index < -0.39 is 28.7 Å². The summed E-state index contributed by atoms with van der Waals surface area (Å²) in [5, 5.41) is 29.7. The van der Waals surface area contributed by atoms with Crippen molar-refractivity contribution in [2.24, 2.45) is 39.9 Å². The van der Waals surface area contributed by atoms with Gasteiger partial charge in [0, 0.05) is 41.4 Å². The van der Waals surface area contributed by atoms with Crippen molar-refractivity contribution >= 4 is 23.5 Å². The number of aliphatic hydroxyl groups is 1. The molecule has 4 saturated carbocycles. The van der Waals surface area contributed by atoms with Gasteiger partial charge in [-0.05, 0) is 73.5 Å². The molecule has 7 heteroatoms. The summed E-state index contributed by atoms with van der Waals surface area (Å²) in [5.74, 6) is -2.60. The van der Waals surface area contributed by atoms with Gasteiger partial charge in [-0.25, -0.2) is 9.59 Å². The normalized spacial score (nSPS) is 43.9. The quantitative estimate of drug-likeness (QED) is 0.471. The Bertz CT molecular complexity index is 1070. The number of carbonyl (C=O) groups excluding carboxylic acids is 2. The highest BCUT2D eigenvalue weighted by atomic mass is 16.4. The van der Waals surface area contributed by atoms with Crippen molar-refractivity contribution in [1.29, 1.82) is 0 Å². The smallest absolute Gasteiger partial charge is 0.331 e. The van der Waals surface area contributed by atoms with Gasteiger partial charge in [-0.3, -0.25) is 9.59 Å². The van der Waals surface area contributed by atoms with Crippen LogP contribution in [0.5, 0.6) is 0 Å². The zero-order valence-corrected chi connectivity index (χ0v) is 22.1. The Hall–Kier alpha value is -2.28. The van der Waals surface area contributed by atoms with Crippen LogP contribution in [0.1, 0.15) is 86.0 Å². The number of rotatable bonds is 5. The van der Waals surface area contributed by atoms with Gasteiger partial charge >= 0.3 is 11.9 Å². The van der Waals surface area contributed by atoms with Gasteiger partial charge in [0.25, 0.3) is 0 Å². The molecule has 8 atom stereocenters. The van der Waals surface area contributed by atoms with Gasteiger partial charge in [0.05, 0.1) is 6.10 Å². The first-order chi connectivity index (χ1) is 16.7. The molecule has 0 spiro atoms. The lowest BCUT2D eigenvalue weighted by atomic mass is 9.37. The van der Waals surface area contributed by atoms with Gasteiger partial charge in [-0.15, -0.1) is 0 Å². The molecule has 4 fully saturated rings. The fraction of sp³-hybridized carbons (Fsp3) is 0.724. The van der Waals surface area contributed by atoms with Gasteiger partial charge in [0.2, 0.25) is 0 Å².